The summed E-state index contributed by atoms with van der Waals surface area (Å²) in [5.41, 5.74) is 0. The van der Waals surface area contributed by atoms with Gasteiger partial charge >= 0.3 is 0 Å². The van der Waals surface area contributed by atoms with E-state index in [9.17, 15) is 0 Å². The van der Waals surface area contributed by atoms with Crippen LogP contribution in [0.15, 0.2) is 4.99 Å². The first-order valence-corrected chi connectivity index (χ1v) is 9.64. The molecule has 7 nitrogen and oxygen atoms in total. The zero-order valence-corrected chi connectivity index (χ0v) is 18.5. The minimum Gasteiger partial charge on any atom is -0.381 e. The van der Waals surface area contributed by atoms with Crippen LogP contribution in [0.3, 0.4) is 0 Å². The maximum Gasteiger partial charge on any atom is 0.191 e. The lowest BCUT2D eigenvalue weighted by Crippen LogP contribution is -2.47. The Hall–Kier alpha value is -0.900. The van der Waals surface area contributed by atoms with Crippen molar-refractivity contribution in [3.8, 4) is 0 Å². The van der Waals surface area contributed by atoms with Crippen LogP contribution in [-0.4, -0.2) is 53.6 Å². The van der Waals surface area contributed by atoms with Gasteiger partial charge in [-0.1, -0.05) is 13.8 Å². The molecular formula is C18H33IN6O. The average molecular weight is 476 g/mol. The molecule has 1 aromatic rings. The van der Waals surface area contributed by atoms with Crippen molar-refractivity contribution in [2.75, 3.05) is 26.8 Å². The smallest absolute Gasteiger partial charge is 0.191 e. The molecule has 0 bridgehead atoms. The van der Waals surface area contributed by atoms with Crippen LogP contribution >= 0.6 is 24.0 Å². The van der Waals surface area contributed by atoms with Gasteiger partial charge in [-0.2, -0.15) is 0 Å². The number of fused-ring (bicyclic) bond motifs is 1. The van der Waals surface area contributed by atoms with E-state index in [4.69, 9.17) is 4.74 Å². The van der Waals surface area contributed by atoms with Crippen molar-refractivity contribution in [1.82, 2.24) is 25.4 Å². The third-order valence-corrected chi connectivity index (χ3v) is 5.24. The van der Waals surface area contributed by atoms with Crippen molar-refractivity contribution in [3.63, 3.8) is 0 Å². The largest absolute Gasteiger partial charge is 0.381 e. The van der Waals surface area contributed by atoms with Gasteiger partial charge in [0.15, 0.2) is 5.96 Å². The topological polar surface area (TPSA) is 76.4 Å². The van der Waals surface area contributed by atoms with Crippen molar-refractivity contribution in [2.24, 2.45) is 10.9 Å². The number of aryl methyl sites for hydroxylation is 1. The van der Waals surface area contributed by atoms with Crippen LogP contribution in [0, 0.1) is 5.92 Å². The SMILES string of the molecule is CN=C(NCCC1CCOCC1)NC1CCc2nnc(C(C)C)n2C1.I. The van der Waals surface area contributed by atoms with Crippen molar-refractivity contribution >= 4 is 29.9 Å². The highest BCUT2D eigenvalue weighted by Gasteiger charge is 2.24. The summed E-state index contributed by atoms with van der Waals surface area (Å²) in [6.07, 6.45) is 5.59. The fourth-order valence-corrected chi connectivity index (χ4v) is 3.71. The Morgan fingerprint density at radius 1 is 1.27 bits per heavy atom. The van der Waals surface area contributed by atoms with Gasteiger partial charge in [-0.3, -0.25) is 4.99 Å². The molecule has 0 aliphatic carbocycles. The minimum absolute atomic E-state index is 0. The van der Waals surface area contributed by atoms with Crippen molar-refractivity contribution in [3.05, 3.63) is 11.6 Å². The maximum absolute atomic E-state index is 5.43. The van der Waals surface area contributed by atoms with Crippen molar-refractivity contribution in [2.45, 2.75) is 64.5 Å². The summed E-state index contributed by atoms with van der Waals surface area (Å²) < 4.78 is 7.71. The third-order valence-electron chi connectivity index (χ3n) is 5.24. The van der Waals surface area contributed by atoms with Crippen LogP contribution in [0.4, 0.5) is 0 Å². The van der Waals surface area contributed by atoms with Gasteiger partial charge in [-0.15, -0.1) is 34.2 Å². The molecule has 0 aromatic carbocycles. The molecule has 1 aromatic heterocycles. The van der Waals surface area contributed by atoms with E-state index in [0.717, 1.165) is 62.7 Å². The first-order chi connectivity index (χ1) is 12.2. The Kier molecular flexibility index (Phi) is 8.59. The van der Waals surface area contributed by atoms with E-state index in [-0.39, 0.29) is 24.0 Å². The van der Waals surface area contributed by atoms with E-state index >= 15 is 0 Å². The van der Waals surface area contributed by atoms with Gasteiger partial charge in [0.25, 0.3) is 0 Å². The standard InChI is InChI=1S/C18H32N6O.HI/c1-13(2)17-23-22-16-5-4-15(12-24(16)17)21-18(19-3)20-9-6-14-7-10-25-11-8-14;/h13-15H,4-12H2,1-3H3,(H2,19,20,21);1H. The van der Waals surface area contributed by atoms with E-state index in [1.807, 2.05) is 7.05 Å². The second kappa shape index (κ2) is 10.4. The van der Waals surface area contributed by atoms with E-state index in [1.54, 1.807) is 0 Å². The van der Waals surface area contributed by atoms with E-state index in [0.29, 0.717) is 12.0 Å². The highest BCUT2D eigenvalue weighted by molar-refractivity contribution is 14.0. The second-order valence-corrected chi connectivity index (χ2v) is 7.46. The number of hydrogen-bond acceptors (Lipinski definition) is 4. The Morgan fingerprint density at radius 3 is 2.73 bits per heavy atom. The maximum atomic E-state index is 5.43. The van der Waals surface area contributed by atoms with Gasteiger partial charge < -0.3 is 19.9 Å². The summed E-state index contributed by atoms with van der Waals surface area (Å²) in [5, 5.41) is 15.8. The molecule has 3 heterocycles. The zero-order chi connectivity index (χ0) is 17.6. The molecule has 1 fully saturated rings. The lowest BCUT2D eigenvalue weighted by molar-refractivity contribution is 0.0643. The number of guanidine groups is 1. The number of nitrogens with zero attached hydrogens (tertiary/aromatic N) is 4. The molecule has 8 heteroatoms. The Labute approximate surface area is 173 Å². The molecule has 1 unspecified atom stereocenters. The predicted octanol–water partition coefficient (Wildman–Crippen LogP) is 2.32. The van der Waals surface area contributed by atoms with E-state index < -0.39 is 0 Å². The van der Waals surface area contributed by atoms with Gasteiger partial charge in [0.05, 0.1) is 0 Å². The molecule has 148 valence electrons. The molecule has 0 radical (unpaired) electrons. The van der Waals surface area contributed by atoms with Gasteiger partial charge in [-0.05, 0) is 31.6 Å². The number of hydrogen-bond donors (Lipinski definition) is 2. The minimum atomic E-state index is 0. The van der Waals surface area contributed by atoms with Crippen molar-refractivity contribution < 1.29 is 4.74 Å². The number of ether oxygens (including phenoxy) is 1. The number of rotatable bonds is 5. The molecule has 0 saturated carbocycles. The van der Waals surface area contributed by atoms with Gasteiger partial charge in [0.2, 0.25) is 0 Å². The third kappa shape index (κ3) is 5.55. The molecular weight excluding hydrogens is 443 g/mol. The van der Waals surface area contributed by atoms with E-state index in [2.05, 4.69) is 44.2 Å². The van der Waals surface area contributed by atoms with Gasteiger partial charge in [0, 0.05) is 51.7 Å². The molecule has 26 heavy (non-hydrogen) atoms. The molecule has 2 N–H and O–H groups in total. The first kappa shape index (κ1) is 21.4. The summed E-state index contributed by atoms with van der Waals surface area (Å²) in [6, 6.07) is 0.371. The quantitative estimate of drug-likeness (QED) is 0.388. The van der Waals surface area contributed by atoms with Gasteiger partial charge in [0.1, 0.15) is 11.6 Å². The first-order valence-electron chi connectivity index (χ1n) is 9.64. The fourth-order valence-electron chi connectivity index (χ4n) is 3.71. The van der Waals surface area contributed by atoms with Gasteiger partial charge in [-0.25, -0.2) is 0 Å². The summed E-state index contributed by atoms with van der Waals surface area (Å²) in [5.74, 6) is 4.28. The molecule has 3 rings (SSSR count). The Bertz CT molecular complexity index is 582. The number of nitrogens with one attached hydrogen (secondary N) is 2. The molecule has 1 saturated heterocycles. The second-order valence-electron chi connectivity index (χ2n) is 7.46. The molecule has 0 amide bonds. The molecule has 2 aliphatic rings. The van der Waals surface area contributed by atoms with E-state index in [1.165, 1.54) is 19.3 Å². The van der Waals surface area contributed by atoms with Crippen molar-refractivity contribution in [1.29, 1.82) is 0 Å². The summed E-state index contributed by atoms with van der Waals surface area (Å²) >= 11 is 0. The summed E-state index contributed by atoms with van der Waals surface area (Å²) in [7, 11) is 1.84. The molecule has 0 spiro atoms. The predicted molar refractivity (Wildman–Crippen MR) is 114 cm³/mol. The number of aliphatic imine (C=N–C) groups is 1. The normalized spacial score (nSPS) is 21.2. The molecule has 2 aliphatic heterocycles. The van der Waals surface area contributed by atoms with Crippen LogP contribution in [-0.2, 0) is 17.7 Å². The Balaban J connectivity index is 0.00000243. The van der Waals surface area contributed by atoms with Crippen LogP contribution in [0.2, 0.25) is 0 Å². The lowest BCUT2D eigenvalue weighted by atomic mass is 9.97. The van der Waals surface area contributed by atoms with Crippen LogP contribution in [0.1, 0.15) is 57.1 Å². The lowest BCUT2D eigenvalue weighted by Gasteiger charge is -2.28. The zero-order valence-electron chi connectivity index (χ0n) is 16.2. The fraction of sp³-hybridized carbons (Fsp3) is 0.833. The highest BCUT2D eigenvalue weighted by atomic mass is 127. The average Bonchev–Trinajstić information content (AvgIpc) is 3.05. The van der Waals surface area contributed by atoms with Crippen LogP contribution in [0.5, 0.6) is 0 Å². The Morgan fingerprint density at radius 2 is 2.04 bits per heavy atom. The summed E-state index contributed by atoms with van der Waals surface area (Å²) in [6.45, 7) is 8.05. The number of aromatic nitrogens is 3. The van der Waals surface area contributed by atoms with Crippen LogP contribution < -0.4 is 10.6 Å². The van der Waals surface area contributed by atoms with Crippen LogP contribution in [0.25, 0.3) is 0 Å². The number of halogens is 1. The summed E-state index contributed by atoms with van der Waals surface area (Å²) in [4.78, 5) is 4.40. The highest BCUT2D eigenvalue weighted by Crippen LogP contribution is 2.20. The molecule has 1 atom stereocenters. The monoisotopic (exact) mass is 476 g/mol.